The first kappa shape index (κ1) is 16.6. The Morgan fingerprint density at radius 1 is 1.31 bits per heavy atom. The van der Waals surface area contributed by atoms with Crippen molar-refractivity contribution < 1.29 is 9.53 Å². The van der Waals surface area contributed by atoms with E-state index in [1.54, 1.807) is 16.9 Å². The summed E-state index contributed by atoms with van der Waals surface area (Å²) in [4.78, 5) is 18.8. The second-order valence-corrected chi connectivity index (χ2v) is 6.76. The highest BCUT2D eigenvalue weighted by atomic mass is 16.5. The van der Waals surface area contributed by atoms with E-state index in [2.05, 4.69) is 20.3 Å². The summed E-state index contributed by atoms with van der Waals surface area (Å²) >= 11 is 0. The third kappa shape index (κ3) is 3.14. The molecule has 8 nitrogen and oxygen atoms in total. The van der Waals surface area contributed by atoms with Gasteiger partial charge in [-0.05, 0) is 38.7 Å². The second-order valence-electron chi connectivity index (χ2n) is 6.76. The van der Waals surface area contributed by atoms with E-state index in [0.717, 1.165) is 43.0 Å². The molecule has 0 saturated carbocycles. The minimum Gasteiger partial charge on any atom is -0.476 e. The van der Waals surface area contributed by atoms with Gasteiger partial charge in [-0.1, -0.05) is 0 Å². The predicted molar refractivity (Wildman–Crippen MR) is 95.2 cm³/mol. The molecule has 0 bridgehead atoms. The van der Waals surface area contributed by atoms with Crippen LogP contribution in [0.5, 0.6) is 5.88 Å². The maximum Gasteiger partial charge on any atom is 0.257 e. The molecule has 26 heavy (non-hydrogen) atoms. The number of aryl methyl sites for hydroxylation is 2. The molecule has 0 aliphatic carbocycles. The van der Waals surface area contributed by atoms with Gasteiger partial charge in [0.15, 0.2) is 5.65 Å². The van der Waals surface area contributed by atoms with Crippen LogP contribution >= 0.6 is 0 Å². The Morgan fingerprint density at radius 2 is 2.12 bits per heavy atom. The lowest BCUT2D eigenvalue weighted by atomic mass is 9.97. The molecule has 4 heterocycles. The fourth-order valence-electron chi connectivity index (χ4n) is 3.40. The molecule has 3 aromatic rings. The summed E-state index contributed by atoms with van der Waals surface area (Å²) in [6.45, 7) is 5.84. The Balaban J connectivity index is 1.31. The summed E-state index contributed by atoms with van der Waals surface area (Å²) in [6, 6.07) is 3.73. The molecule has 1 N–H and O–H groups in total. The number of carbonyl (C=O) groups is 1. The molecule has 0 atom stereocenters. The number of nitrogens with one attached hydrogen (secondary N) is 1. The average molecular weight is 354 g/mol. The van der Waals surface area contributed by atoms with Gasteiger partial charge in [0.2, 0.25) is 5.88 Å². The van der Waals surface area contributed by atoms with Gasteiger partial charge in [-0.2, -0.15) is 5.10 Å². The van der Waals surface area contributed by atoms with Gasteiger partial charge in [0.1, 0.15) is 0 Å². The maximum atomic E-state index is 12.7. The number of carbonyl (C=O) groups excluding carboxylic acids is 1. The number of hydrogen-bond donors (Lipinski definition) is 1. The van der Waals surface area contributed by atoms with Crippen LogP contribution < -0.4 is 4.74 Å². The zero-order valence-corrected chi connectivity index (χ0v) is 15.0. The van der Waals surface area contributed by atoms with E-state index in [0.29, 0.717) is 24.0 Å². The zero-order chi connectivity index (χ0) is 18.1. The normalized spacial score (nSPS) is 15.5. The van der Waals surface area contributed by atoms with Gasteiger partial charge in [0.25, 0.3) is 5.91 Å². The predicted octanol–water partition coefficient (Wildman–Crippen LogP) is 2.00. The average Bonchev–Trinajstić information content (AvgIpc) is 3.25. The first-order chi connectivity index (χ1) is 12.6. The van der Waals surface area contributed by atoms with Gasteiger partial charge in [-0.3, -0.25) is 9.89 Å². The number of aromatic nitrogens is 5. The number of hydrogen-bond acceptors (Lipinski definition) is 5. The Labute approximate surface area is 151 Å². The summed E-state index contributed by atoms with van der Waals surface area (Å²) < 4.78 is 7.55. The number of H-pyrrole nitrogens is 1. The third-order valence-electron chi connectivity index (χ3n) is 4.94. The van der Waals surface area contributed by atoms with Crippen molar-refractivity contribution in [2.45, 2.75) is 26.7 Å². The van der Waals surface area contributed by atoms with E-state index >= 15 is 0 Å². The molecule has 1 amide bonds. The molecule has 8 heteroatoms. The van der Waals surface area contributed by atoms with Gasteiger partial charge >= 0.3 is 0 Å². The van der Waals surface area contributed by atoms with Crippen LogP contribution in [-0.4, -0.2) is 55.3 Å². The van der Waals surface area contributed by atoms with Crippen molar-refractivity contribution >= 4 is 11.6 Å². The summed E-state index contributed by atoms with van der Waals surface area (Å²) in [5, 5.41) is 11.4. The molecule has 3 aromatic heterocycles. The number of amides is 1. The van der Waals surface area contributed by atoms with Crippen LogP contribution in [0.2, 0.25) is 0 Å². The molecule has 1 fully saturated rings. The van der Waals surface area contributed by atoms with Crippen molar-refractivity contribution in [3.8, 4) is 5.88 Å². The van der Waals surface area contributed by atoms with Crippen molar-refractivity contribution in [1.29, 1.82) is 0 Å². The van der Waals surface area contributed by atoms with E-state index in [9.17, 15) is 4.79 Å². The molecule has 0 aromatic carbocycles. The van der Waals surface area contributed by atoms with Gasteiger partial charge in [-0.15, -0.1) is 5.10 Å². The van der Waals surface area contributed by atoms with E-state index in [-0.39, 0.29) is 5.91 Å². The minimum atomic E-state index is 0.0698. The minimum absolute atomic E-state index is 0.0698. The molecule has 136 valence electrons. The smallest absolute Gasteiger partial charge is 0.257 e. The van der Waals surface area contributed by atoms with Crippen LogP contribution in [0, 0.1) is 19.8 Å². The van der Waals surface area contributed by atoms with Crippen molar-refractivity contribution in [3.63, 3.8) is 0 Å². The highest BCUT2D eigenvalue weighted by molar-refractivity contribution is 5.96. The number of nitrogens with zero attached hydrogens (tertiary/aromatic N) is 5. The molecule has 0 spiro atoms. The molecule has 0 unspecified atom stereocenters. The number of ether oxygens (including phenoxy) is 1. The Morgan fingerprint density at radius 3 is 2.85 bits per heavy atom. The van der Waals surface area contributed by atoms with E-state index in [1.165, 1.54) is 0 Å². The van der Waals surface area contributed by atoms with E-state index in [1.807, 2.05) is 30.9 Å². The number of piperidine rings is 1. The number of rotatable bonds is 4. The summed E-state index contributed by atoms with van der Waals surface area (Å²) in [6.07, 6.45) is 5.36. The van der Waals surface area contributed by atoms with E-state index < -0.39 is 0 Å². The van der Waals surface area contributed by atoms with Gasteiger partial charge in [-0.25, -0.2) is 9.50 Å². The lowest BCUT2D eigenvalue weighted by molar-refractivity contribution is 0.0657. The number of fused-ring (bicyclic) bond motifs is 1. The maximum absolute atomic E-state index is 12.7. The highest BCUT2D eigenvalue weighted by Crippen LogP contribution is 2.22. The van der Waals surface area contributed by atoms with Gasteiger partial charge in [0, 0.05) is 37.2 Å². The number of likely N-dealkylation sites (tertiary alicyclic amines) is 1. The summed E-state index contributed by atoms with van der Waals surface area (Å²) in [5.41, 5.74) is 3.10. The zero-order valence-electron chi connectivity index (χ0n) is 15.0. The van der Waals surface area contributed by atoms with Crippen molar-refractivity contribution in [2.24, 2.45) is 5.92 Å². The van der Waals surface area contributed by atoms with Crippen molar-refractivity contribution in [3.05, 3.63) is 41.5 Å². The van der Waals surface area contributed by atoms with Crippen LogP contribution in [0.25, 0.3) is 5.65 Å². The molecule has 1 aliphatic rings. The number of imidazole rings is 1. The van der Waals surface area contributed by atoms with Crippen LogP contribution in [-0.2, 0) is 0 Å². The fourth-order valence-corrected chi connectivity index (χ4v) is 3.40. The third-order valence-corrected chi connectivity index (χ3v) is 4.94. The van der Waals surface area contributed by atoms with E-state index in [4.69, 9.17) is 4.74 Å². The SMILES string of the molecule is Cc1n[nH]c(C)c1C(=O)N1CCC(COc2ccc3nccn3n2)CC1. The number of aromatic amines is 1. The Kier molecular flexibility index (Phi) is 4.32. The lowest BCUT2D eigenvalue weighted by Gasteiger charge is -2.31. The standard InChI is InChI=1S/C18H22N6O2/c1-12-17(13(2)21-20-12)18(25)23-8-5-14(6-9-23)11-26-16-4-3-15-19-7-10-24(15)22-16/h3-4,7,10,14H,5-6,8-9,11H2,1-2H3,(H,20,21). The monoisotopic (exact) mass is 354 g/mol. The summed E-state index contributed by atoms with van der Waals surface area (Å²) in [7, 11) is 0. The molecule has 4 rings (SSSR count). The lowest BCUT2D eigenvalue weighted by Crippen LogP contribution is -2.40. The van der Waals surface area contributed by atoms with Crippen LogP contribution in [0.4, 0.5) is 0 Å². The van der Waals surface area contributed by atoms with Crippen LogP contribution in [0.15, 0.2) is 24.5 Å². The Bertz CT molecular complexity index is 903. The molecular formula is C18H22N6O2. The fraction of sp³-hybridized carbons (Fsp3) is 0.444. The first-order valence-corrected chi connectivity index (χ1v) is 8.86. The Hall–Kier alpha value is -2.90. The quantitative estimate of drug-likeness (QED) is 0.774. The van der Waals surface area contributed by atoms with Crippen LogP contribution in [0.1, 0.15) is 34.6 Å². The molecular weight excluding hydrogens is 332 g/mol. The first-order valence-electron chi connectivity index (χ1n) is 8.86. The van der Waals surface area contributed by atoms with Crippen molar-refractivity contribution in [2.75, 3.05) is 19.7 Å². The van der Waals surface area contributed by atoms with Crippen LogP contribution in [0.3, 0.4) is 0 Å². The molecule has 1 aliphatic heterocycles. The molecule has 0 radical (unpaired) electrons. The highest BCUT2D eigenvalue weighted by Gasteiger charge is 2.27. The second kappa shape index (κ2) is 6.78. The van der Waals surface area contributed by atoms with Gasteiger partial charge < -0.3 is 9.64 Å². The van der Waals surface area contributed by atoms with Gasteiger partial charge in [0.05, 0.1) is 17.9 Å². The topological polar surface area (TPSA) is 88.4 Å². The molecule has 1 saturated heterocycles. The summed E-state index contributed by atoms with van der Waals surface area (Å²) in [5.74, 6) is 1.09. The van der Waals surface area contributed by atoms with Crippen molar-refractivity contribution in [1.82, 2.24) is 29.7 Å². The largest absolute Gasteiger partial charge is 0.476 e.